The van der Waals surface area contributed by atoms with E-state index in [0.29, 0.717) is 18.6 Å². The molecule has 0 amide bonds. The Bertz CT molecular complexity index is 512. The molecule has 0 fully saturated rings. The first kappa shape index (κ1) is 9.49. The van der Waals surface area contributed by atoms with Crippen molar-refractivity contribution >= 4 is 5.78 Å². The first-order valence-electron chi connectivity index (χ1n) is 4.83. The van der Waals surface area contributed by atoms with E-state index in [-0.39, 0.29) is 0 Å². The Kier molecular flexibility index (Phi) is 2.52. The molecule has 1 aromatic carbocycles. The molecule has 0 spiro atoms. The number of carbonyl (C=O) groups excluding carboxylic acids is 1. The minimum atomic E-state index is 0.304. The van der Waals surface area contributed by atoms with Crippen LogP contribution >= 0.6 is 0 Å². The van der Waals surface area contributed by atoms with Crippen LogP contribution in [0, 0.1) is 23.2 Å². The van der Waals surface area contributed by atoms with E-state index >= 15 is 0 Å². The van der Waals surface area contributed by atoms with Gasteiger partial charge in [0.2, 0.25) is 0 Å². The molecule has 1 aliphatic carbocycles. The first-order chi connectivity index (χ1) is 7.29. The number of hydrogen-bond donors (Lipinski definition) is 0. The third-order valence-corrected chi connectivity index (χ3v) is 2.53. The Labute approximate surface area is 88.5 Å². The average Bonchev–Trinajstić information content (AvgIpc) is 2.26. The Hall–Kier alpha value is -2.06. The summed E-state index contributed by atoms with van der Waals surface area (Å²) in [4.78, 5) is 11.2. The number of carbonyl (C=O) groups is 1. The summed E-state index contributed by atoms with van der Waals surface area (Å²) < 4.78 is 0. The summed E-state index contributed by atoms with van der Waals surface area (Å²) in [5.41, 5.74) is 3.15. The summed E-state index contributed by atoms with van der Waals surface area (Å²) in [6.07, 6.45) is 1.97. The van der Waals surface area contributed by atoms with Gasteiger partial charge in [-0.25, -0.2) is 0 Å². The molecule has 0 saturated carbocycles. The van der Waals surface area contributed by atoms with Gasteiger partial charge in [0, 0.05) is 24.3 Å². The second kappa shape index (κ2) is 3.98. The molecule has 2 heteroatoms. The molecular weight excluding hydrogens is 186 g/mol. The van der Waals surface area contributed by atoms with Crippen LogP contribution in [-0.2, 0) is 17.6 Å². The fourth-order valence-corrected chi connectivity index (χ4v) is 1.78. The lowest BCUT2D eigenvalue weighted by Gasteiger charge is -2.14. The van der Waals surface area contributed by atoms with Crippen LogP contribution in [0.3, 0.4) is 0 Å². The van der Waals surface area contributed by atoms with E-state index in [1.54, 1.807) is 6.07 Å². The van der Waals surface area contributed by atoms with Crippen molar-refractivity contribution in [3.05, 3.63) is 34.9 Å². The minimum Gasteiger partial charge on any atom is -0.299 e. The van der Waals surface area contributed by atoms with E-state index < -0.39 is 0 Å². The standard InChI is InChI=1S/C13H9NO/c14-7-1-2-10-3-4-12-9-13(15)6-5-11(12)8-10/h3-4,8H,5-6,9H2. The second-order valence-corrected chi connectivity index (χ2v) is 3.56. The molecule has 0 unspecified atom stereocenters. The Morgan fingerprint density at radius 2 is 2.07 bits per heavy atom. The Balaban J connectivity index is 2.35. The quantitative estimate of drug-likeness (QED) is 0.590. The molecule has 0 radical (unpaired) electrons. The fourth-order valence-electron chi connectivity index (χ4n) is 1.78. The average molecular weight is 195 g/mol. The van der Waals surface area contributed by atoms with E-state index in [9.17, 15) is 4.79 Å². The highest BCUT2D eigenvalue weighted by Crippen LogP contribution is 2.20. The summed E-state index contributed by atoms with van der Waals surface area (Å²) in [6, 6.07) is 7.57. The van der Waals surface area contributed by atoms with Gasteiger partial charge in [-0.2, -0.15) is 5.26 Å². The summed E-state index contributed by atoms with van der Waals surface area (Å²) in [7, 11) is 0. The molecule has 2 rings (SSSR count). The summed E-state index contributed by atoms with van der Waals surface area (Å²) in [5.74, 6) is 5.43. The van der Waals surface area contributed by atoms with Gasteiger partial charge >= 0.3 is 0 Å². The van der Waals surface area contributed by atoms with Crippen LogP contribution < -0.4 is 0 Å². The number of fused-ring (bicyclic) bond motifs is 1. The number of ketones is 1. The van der Waals surface area contributed by atoms with Gasteiger partial charge in [-0.15, -0.1) is 0 Å². The van der Waals surface area contributed by atoms with E-state index in [4.69, 9.17) is 5.26 Å². The summed E-state index contributed by atoms with van der Waals surface area (Å²) in [6.45, 7) is 0. The molecular formula is C13H9NO. The van der Waals surface area contributed by atoms with Crippen LogP contribution in [0.4, 0.5) is 0 Å². The van der Waals surface area contributed by atoms with Crippen molar-refractivity contribution in [1.82, 2.24) is 0 Å². The maximum Gasteiger partial charge on any atom is 0.152 e. The molecule has 0 bridgehead atoms. The van der Waals surface area contributed by atoms with Gasteiger partial charge < -0.3 is 0 Å². The van der Waals surface area contributed by atoms with Gasteiger partial charge in [0.25, 0.3) is 0 Å². The van der Waals surface area contributed by atoms with Crippen LogP contribution in [0.1, 0.15) is 23.1 Å². The van der Waals surface area contributed by atoms with Crippen LogP contribution in [0.2, 0.25) is 0 Å². The number of benzene rings is 1. The largest absolute Gasteiger partial charge is 0.299 e. The maximum atomic E-state index is 11.2. The van der Waals surface area contributed by atoms with Crippen molar-refractivity contribution in [3.8, 4) is 17.9 Å². The third kappa shape index (κ3) is 2.06. The predicted molar refractivity (Wildman–Crippen MR) is 56.0 cm³/mol. The second-order valence-electron chi connectivity index (χ2n) is 3.56. The van der Waals surface area contributed by atoms with Gasteiger partial charge in [-0.1, -0.05) is 12.0 Å². The third-order valence-electron chi connectivity index (χ3n) is 2.53. The van der Waals surface area contributed by atoms with E-state index in [1.165, 1.54) is 5.56 Å². The number of nitrogens with zero attached hydrogens (tertiary/aromatic N) is 1. The van der Waals surface area contributed by atoms with Gasteiger partial charge in [0.15, 0.2) is 6.07 Å². The molecule has 0 saturated heterocycles. The topological polar surface area (TPSA) is 40.9 Å². The highest BCUT2D eigenvalue weighted by molar-refractivity contribution is 5.83. The monoisotopic (exact) mass is 195 g/mol. The molecule has 2 nitrogen and oxygen atoms in total. The maximum absolute atomic E-state index is 11.2. The van der Waals surface area contributed by atoms with Gasteiger partial charge in [-0.05, 0) is 29.7 Å². The molecule has 1 aliphatic rings. The number of aryl methyl sites for hydroxylation is 1. The van der Waals surface area contributed by atoms with E-state index in [2.05, 4.69) is 11.8 Å². The number of rotatable bonds is 0. The molecule has 1 aromatic rings. The number of Topliss-reactive ketones (excluding diaryl/α,β-unsaturated/α-hetero) is 1. The van der Waals surface area contributed by atoms with Gasteiger partial charge in [0.05, 0.1) is 0 Å². The molecule has 0 heterocycles. The highest BCUT2D eigenvalue weighted by Gasteiger charge is 2.14. The smallest absolute Gasteiger partial charge is 0.152 e. The molecule has 0 aromatic heterocycles. The van der Waals surface area contributed by atoms with E-state index in [1.807, 2.05) is 18.2 Å². The SMILES string of the molecule is N#CC#Cc1ccc2c(c1)CCC(=O)C2. The Morgan fingerprint density at radius 3 is 2.87 bits per heavy atom. The van der Waals surface area contributed by atoms with Gasteiger partial charge in [0.1, 0.15) is 5.78 Å². The normalized spacial score (nSPS) is 13.4. The molecule has 72 valence electrons. The molecule has 0 N–H and O–H groups in total. The Morgan fingerprint density at radius 1 is 1.20 bits per heavy atom. The minimum absolute atomic E-state index is 0.304. The number of nitriles is 1. The lowest BCUT2D eigenvalue weighted by molar-refractivity contribution is -0.118. The molecule has 0 aliphatic heterocycles. The fraction of sp³-hybridized carbons (Fsp3) is 0.231. The zero-order chi connectivity index (χ0) is 10.7. The lowest BCUT2D eigenvalue weighted by Crippen LogP contribution is -2.13. The van der Waals surface area contributed by atoms with Crippen molar-refractivity contribution in [1.29, 1.82) is 5.26 Å². The molecule has 0 atom stereocenters. The molecule has 15 heavy (non-hydrogen) atoms. The first-order valence-corrected chi connectivity index (χ1v) is 4.83. The van der Waals surface area contributed by atoms with Gasteiger partial charge in [-0.3, -0.25) is 4.79 Å². The van der Waals surface area contributed by atoms with Crippen LogP contribution in [-0.4, -0.2) is 5.78 Å². The number of hydrogen-bond acceptors (Lipinski definition) is 2. The zero-order valence-electron chi connectivity index (χ0n) is 8.21. The van der Waals surface area contributed by atoms with Crippen molar-refractivity contribution in [2.24, 2.45) is 0 Å². The highest BCUT2D eigenvalue weighted by atomic mass is 16.1. The summed E-state index contributed by atoms with van der Waals surface area (Å²) >= 11 is 0. The van der Waals surface area contributed by atoms with E-state index in [0.717, 1.165) is 17.5 Å². The van der Waals surface area contributed by atoms with Crippen LogP contribution in [0.15, 0.2) is 18.2 Å². The van der Waals surface area contributed by atoms with Crippen LogP contribution in [0.25, 0.3) is 0 Å². The van der Waals surface area contributed by atoms with Crippen molar-refractivity contribution in [2.75, 3.05) is 0 Å². The predicted octanol–water partition coefficient (Wildman–Crippen LogP) is 1.62. The van der Waals surface area contributed by atoms with Crippen molar-refractivity contribution < 1.29 is 4.79 Å². The van der Waals surface area contributed by atoms with Crippen LogP contribution in [0.5, 0.6) is 0 Å². The van der Waals surface area contributed by atoms with Crippen molar-refractivity contribution in [3.63, 3.8) is 0 Å². The van der Waals surface area contributed by atoms with Crippen molar-refractivity contribution in [2.45, 2.75) is 19.3 Å². The zero-order valence-corrected chi connectivity index (χ0v) is 8.21. The summed E-state index contributed by atoms with van der Waals surface area (Å²) in [5, 5.41) is 8.33. The lowest BCUT2D eigenvalue weighted by atomic mass is 9.90.